The summed E-state index contributed by atoms with van der Waals surface area (Å²) < 4.78 is 1.45. The number of rotatable bonds is 4. The van der Waals surface area contributed by atoms with Gasteiger partial charge in [-0.3, -0.25) is 19.6 Å². The van der Waals surface area contributed by atoms with Gasteiger partial charge in [0, 0.05) is 26.1 Å². The van der Waals surface area contributed by atoms with Gasteiger partial charge in [-0.25, -0.2) is 0 Å². The summed E-state index contributed by atoms with van der Waals surface area (Å²) in [4.78, 5) is 23.9. The molecule has 0 aromatic carbocycles. The largest absolute Gasteiger partial charge is 0.342 e. The number of aromatic nitrogens is 2. The zero-order valence-corrected chi connectivity index (χ0v) is 11.0. The summed E-state index contributed by atoms with van der Waals surface area (Å²) in [6.07, 6.45) is 5.13. The molecule has 1 atom stereocenters. The van der Waals surface area contributed by atoms with Crippen LogP contribution in [0.2, 0.25) is 0 Å². The smallest absolute Gasteiger partial charge is 0.306 e. The maximum Gasteiger partial charge on any atom is 0.306 e. The Labute approximate surface area is 111 Å². The van der Waals surface area contributed by atoms with E-state index >= 15 is 0 Å². The molecule has 1 aromatic rings. The molecule has 7 nitrogen and oxygen atoms in total. The Hall–Kier alpha value is -1.92. The normalized spacial score (nSPS) is 19.4. The molecule has 0 bridgehead atoms. The first-order valence-corrected chi connectivity index (χ1v) is 6.51. The van der Waals surface area contributed by atoms with Crippen LogP contribution in [0.4, 0.5) is 5.69 Å². The molecule has 104 valence electrons. The average molecular weight is 266 g/mol. The molecule has 19 heavy (non-hydrogen) atoms. The van der Waals surface area contributed by atoms with Gasteiger partial charge in [-0.05, 0) is 18.8 Å². The number of carbonyl (C=O) groups excluding carboxylic acids is 1. The number of likely N-dealkylation sites (tertiary alicyclic amines) is 1. The van der Waals surface area contributed by atoms with Crippen LogP contribution in [0.25, 0.3) is 0 Å². The van der Waals surface area contributed by atoms with Gasteiger partial charge < -0.3 is 4.90 Å². The quantitative estimate of drug-likeness (QED) is 0.610. The molecular weight excluding hydrogens is 248 g/mol. The number of nitro groups is 1. The van der Waals surface area contributed by atoms with Crippen LogP contribution in [0, 0.1) is 16.0 Å². The predicted octanol–water partition coefficient (Wildman–Crippen LogP) is 1.44. The van der Waals surface area contributed by atoms with Gasteiger partial charge in [0.05, 0.1) is 4.92 Å². The highest BCUT2D eigenvalue weighted by molar-refractivity contribution is 5.76. The molecule has 7 heteroatoms. The van der Waals surface area contributed by atoms with Crippen molar-refractivity contribution in [2.75, 3.05) is 13.1 Å². The Morgan fingerprint density at radius 1 is 1.63 bits per heavy atom. The minimum atomic E-state index is -0.488. The van der Waals surface area contributed by atoms with Crippen molar-refractivity contribution in [2.24, 2.45) is 5.92 Å². The van der Waals surface area contributed by atoms with Crippen molar-refractivity contribution in [1.29, 1.82) is 0 Å². The molecule has 0 N–H and O–H groups in total. The predicted molar refractivity (Wildman–Crippen MR) is 68.5 cm³/mol. The number of hydrogen-bond donors (Lipinski definition) is 0. The Morgan fingerprint density at radius 3 is 3.05 bits per heavy atom. The molecule has 0 radical (unpaired) electrons. The minimum Gasteiger partial charge on any atom is -0.342 e. The van der Waals surface area contributed by atoms with Crippen LogP contribution in [0.5, 0.6) is 0 Å². The third-order valence-corrected chi connectivity index (χ3v) is 3.39. The van der Waals surface area contributed by atoms with E-state index in [0.29, 0.717) is 18.9 Å². The van der Waals surface area contributed by atoms with Crippen molar-refractivity contribution in [1.82, 2.24) is 14.7 Å². The molecule has 1 amide bonds. The third kappa shape index (κ3) is 3.52. The highest BCUT2D eigenvalue weighted by Crippen LogP contribution is 2.16. The summed E-state index contributed by atoms with van der Waals surface area (Å²) in [5, 5.41) is 14.4. The molecule has 1 aliphatic rings. The van der Waals surface area contributed by atoms with Crippen LogP contribution in [0.1, 0.15) is 26.2 Å². The molecule has 1 aliphatic heterocycles. The Balaban J connectivity index is 1.84. The average Bonchev–Trinajstić information content (AvgIpc) is 2.85. The van der Waals surface area contributed by atoms with Crippen LogP contribution in [0.3, 0.4) is 0 Å². The van der Waals surface area contributed by atoms with E-state index < -0.39 is 4.92 Å². The fourth-order valence-corrected chi connectivity index (χ4v) is 2.35. The van der Waals surface area contributed by atoms with Crippen LogP contribution < -0.4 is 0 Å². The lowest BCUT2D eigenvalue weighted by Gasteiger charge is -2.31. The van der Waals surface area contributed by atoms with Crippen molar-refractivity contribution in [2.45, 2.75) is 32.7 Å². The van der Waals surface area contributed by atoms with Crippen molar-refractivity contribution in [3.63, 3.8) is 0 Å². The number of hydrogen-bond acceptors (Lipinski definition) is 4. The van der Waals surface area contributed by atoms with E-state index in [1.54, 1.807) is 0 Å². The van der Waals surface area contributed by atoms with Crippen LogP contribution >= 0.6 is 0 Å². The van der Waals surface area contributed by atoms with Crippen molar-refractivity contribution in [3.05, 3.63) is 22.5 Å². The maximum atomic E-state index is 12.0. The van der Waals surface area contributed by atoms with Gasteiger partial charge in [0.25, 0.3) is 0 Å². The van der Waals surface area contributed by atoms with Gasteiger partial charge in [0.15, 0.2) is 0 Å². The molecule has 1 saturated heterocycles. The first-order chi connectivity index (χ1) is 9.06. The molecule has 2 heterocycles. The lowest BCUT2D eigenvalue weighted by molar-refractivity contribution is -0.385. The van der Waals surface area contributed by atoms with Gasteiger partial charge >= 0.3 is 5.69 Å². The Kier molecular flexibility index (Phi) is 4.13. The molecule has 0 unspecified atom stereocenters. The monoisotopic (exact) mass is 266 g/mol. The van der Waals surface area contributed by atoms with Crippen LogP contribution in [0.15, 0.2) is 12.4 Å². The summed E-state index contributed by atoms with van der Waals surface area (Å²) in [7, 11) is 0. The van der Waals surface area contributed by atoms with E-state index in [-0.39, 0.29) is 11.6 Å². The van der Waals surface area contributed by atoms with Crippen LogP contribution in [-0.2, 0) is 11.3 Å². The number of nitrogens with zero attached hydrogens (tertiary/aromatic N) is 4. The van der Waals surface area contributed by atoms with E-state index in [9.17, 15) is 14.9 Å². The molecular formula is C12H18N4O3. The second-order valence-corrected chi connectivity index (χ2v) is 5.06. The standard InChI is InChI=1S/C12H18N4O3/c1-10-3-2-5-14(8-10)12(17)4-6-15-9-11(7-13-15)16(18)19/h7,9-10H,2-6,8H2,1H3/t10-/m0/s1. The zero-order chi connectivity index (χ0) is 13.8. The van der Waals surface area contributed by atoms with Crippen molar-refractivity contribution in [3.8, 4) is 0 Å². The number of amides is 1. The lowest BCUT2D eigenvalue weighted by atomic mass is 10.00. The van der Waals surface area contributed by atoms with E-state index in [2.05, 4.69) is 12.0 Å². The fourth-order valence-electron chi connectivity index (χ4n) is 2.35. The van der Waals surface area contributed by atoms with Gasteiger partial charge in [-0.2, -0.15) is 5.10 Å². The minimum absolute atomic E-state index is 0.0426. The highest BCUT2D eigenvalue weighted by Gasteiger charge is 2.20. The first kappa shape index (κ1) is 13.5. The molecule has 0 aliphatic carbocycles. The number of piperidine rings is 1. The molecule has 1 aromatic heterocycles. The van der Waals surface area contributed by atoms with Gasteiger partial charge in [0.1, 0.15) is 12.4 Å². The van der Waals surface area contributed by atoms with E-state index in [0.717, 1.165) is 19.5 Å². The summed E-state index contributed by atoms with van der Waals surface area (Å²) in [5.74, 6) is 0.660. The van der Waals surface area contributed by atoms with Gasteiger partial charge in [-0.1, -0.05) is 6.92 Å². The SMILES string of the molecule is C[C@H]1CCCN(C(=O)CCn2cc([N+](=O)[O-])cn2)C1. The van der Waals surface area contributed by atoms with Crippen molar-refractivity contribution < 1.29 is 9.72 Å². The third-order valence-electron chi connectivity index (χ3n) is 3.39. The zero-order valence-electron chi connectivity index (χ0n) is 11.0. The second-order valence-electron chi connectivity index (χ2n) is 5.06. The van der Waals surface area contributed by atoms with Crippen molar-refractivity contribution >= 4 is 11.6 Å². The number of aryl methyl sites for hydroxylation is 1. The summed E-state index contributed by atoms with van der Waals surface area (Å²) in [6.45, 7) is 4.17. The molecule has 0 spiro atoms. The van der Waals surface area contributed by atoms with Crippen LogP contribution in [-0.4, -0.2) is 38.6 Å². The lowest BCUT2D eigenvalue weighted by Crippen LogP contribution is -2.39. The summed E-state index contributed by atoms with van der Waals surface area (Å²) in [5.41, 5.74) is -0.0426. The Bertz CT molecular complexity index is 471. The fraction of sp³-hybridized carbons (Fsp3) is 0.667. The summed E-state index contributed by atoms with van der Waals surface area (Å²) >= 11 is 0. The highest BCUT2D eigenvalue weighted by atomic mass is 16.6. The number of carbonyl (C=O) groups is 1. The first-order valence-electron chi connectivity index (χ1n) is 6.51. The Morgan fingerprint density at radius 2 is 2.42 bits per heavy atom. The molecule has 1 fully saturated rings. The van der Waals surface area contributed by atoms with E-state index in [1.807, 2.05) is 4.90 Å². The second kappa shape index (κ2) is 5.81. The topological polar surface area (TPSA) is 81.3 Å². The summed E-state index contributed by atoms with van der Waals surface area (Å²) in [6, 6.07) is 0. The maximum absolute atomic E-state index is 12.0. The molecule has 2 rings (SSSR count). The molecule has 0 saturated carbocycles. The van der Waals surface area contributed by atoms with Gasteiger partial charge in [0.2, 0.25) is 5.91 Å². The van der Waals surface area contributed by atoms with E-state index in [4.69, 9.17) is 0 Å². The van der Waals surface area contributed by atoms with Gasteiger partial charge in [-0.15, -0.1) is 0 Å². The van der Waals surface area contributed by atoms with E-state index in [1.165, 1.54) is 23.5 Å².